The summed E-state index contributed by atoms with van der Waals surface area (Å²) in [5.74, 6) is -3.72. The number of hydrogen-bond acceptors (Lipinski definition) is 11. The SMILES string of the molecule is CC(=O)NC1C(OC(=O)c2ccc(O)cc2)OC(COC(C)=O)C(OC(C)=O)C1OC(C)=O. The van der Waals surface area contributed by atoms with Gasteiger partial charge >= 0.3 is 23.9 Å². The Morgan fingerprint density at radius 3 is 1.97 bits per heavy atom. The van der Waals surface area contributed by atoms with Crippen molar-refractivity contribution in [2.75, 3.05) is 6.61 Å². The highest BCUT2D eigenvalue weighted by molar-refractivity contribution is 5.89. The first kappa shape index (κ1) is 25.6. The van der Waals surface area contributed by atoms with Crippen LogP contribution in [0.5, 0.6) is 5.75 Å². The molecule has 0 aromatic heterocycles. The van der Waals surface area contributed by atoms with E-state index in [1.165, 1.54) is 31.2 Å². The Balaban J connectivity index is 2.42. The number of nitrogens with one attached hydrogen (secondary N) is 1. The minimum absolute atomic E-state index is 0.0562. The predicted octanol–water partition coefficient (Wildman–Crippen LogP) is 0.205. The van der Waals surface area contributed by atoms with Crippen LogP contribution in [-0.4, -0.2) is 72.1 Å². The molecule has 33 heavy (non-hydrogen) atoms. The van der Waals surface area contributed by atoms with Crippen molar-refractivity contribution in [3.63, 3.8) is 0 Å². The maximum atomic E-state index is 12.6. The Bertz CT molecular complexity index is 898. The van der Waals surface area contributed by atoms with E-state index in [1.54, 1.807) is 0 Å². The summed E-state index contributed by atoms with van der Waals surface area (Å²) < 4.78 is 26.7. The molecule has 1 heterocycles. The van der Waals surface area contributed by atoms with E-state index in [2.05, 4.69) is 5.32 Å². The topological polar surface area (TPSA) is 164 Å². The number of carbonyl (C=O) groups is 5. The summed E-state index contributed by atoms with van der Waals surface area (Å²) in [7, 11) is 0. The molecule has 0 saturated carbocycles. The fourth-order valence-corrected chi connectivity index (χ4v) is 3.16. The second kappa shape index (κ2) is 11.3. The predicted molar refractivity (Wildman–Crippen MR) is 108 cm³/mol. The second-order valence-corrected chi connectivity index (χ2v) is 7.17. The zero-order valence-corrected chi connectivity index (χ0v) is 18.4. The van der Waals surface area contributed by atoms with Crippen LogP contribution in [0.1, 0.15) is 38.1 Å². The lowest BCUT2D eigenvalue weighted by molar-refractivity contribution is -0.263. The lowest BCUT2D eigenvalue weighted by Crippen LogP contribution is -2.66. The first-order chi connectivity index (χ1) is 15.5. The maximum absolute atomic E-state index is 12.6. The molecule has 180 valence electrons. The van der Waals surface area contributed by atoms with Crippen molar-refractivity contribution in [1.29, 1.82) is 0 Å². The van der Waals surface area contributed by atoms with E-state index in [-0.39, 0.29) is 11.3 Å². The lowest BCUT2D eigenvalue weighted by atomic mass is 9.96. The van der Waals surface area contributed by atoms with Crippen molar-refractivity contribution in [3.05, 3.63) is 29.8 Å². The average Bonchev–Trinajstić information content (AvgIpc) is 2.70. The molecule has 0 spiro atoms. The van der Waals surface area contributed by atoms with Gasteiger partial charge in [0.2, 0.25) is 12.2 Å². The fraction of sp³-hybridized carbons (Fsp3) is 0.476. The van der Waals surface area contributed by atoms with Gasteiger partial charge in [-0.15, -0.1) is 0 Å². The van der Waals surface area contributed by atoms with Crippen molar-refractivity contribution >= 4 is 29.8 Å². The molecule has 5 atom stereocenters. The number of amides is 1. The van der Waals surface area contributed by atoms with Gasteiger partial charge in [0.15, 0.2) is 12.2 Å². The molecular formula is C21H25NO11. The number of hydrogen-bond donors (Lipinski definition) is 2. The standard InChI is InChI=1S/C21H25NO11/c1-10(23)22-17-19(31-13(4)26)18(30-12(3)25)16(9-29-11(2)24)32-21(17)33-20(28)14-5-7-15(27)8-6-14/h5-8,16-19,21,27H,9H2,1-4H3,(H,22,23). The summed E-state index contributed by atoms with van der Waals surface area (Å²) >= 11 is 0. The van der Waals surface area contributed by atoms with Crippen LogP contribution in [0.4, 0.5) is 0 Å². The molecule has 0 aliphatic carbocycles. The molecule has 12 heteroatoms. The van der Waals surface area contributed by atoms with E-state index in [9.17, 15) is 29.1 Å². The van der Waals surface area contributed by atoms with E-state index in [4.69, 9.17) is 23.7 Å². The van der Waals surface area contributed by atoms with Crippen LogP contribution < -0.4 is 5.32 Å². The Morgan fingerprint density at radius 1 is 0.879 bits per heavy atom. The monoisotopic (exact) mass is 467 g/mol. The highest BCUT2D eigenvalue weighted by Crippen LogP contribution is 2.28. The van der Waals surface area contributed by atoms with Crippen molar-refractivity contribution in [2.24, 2.45) is 0 Å². The molecule has 2 N–H and O–H groups in total. The van der Waals surface area contributed by atoms with E-state index in [1.807, 2.05) is 0 Å². The van der Waals surface area contributed by atoms with Crippen LogP contribution in [0.2, 0.25) is 0 Å². The highest BCUT2D eigenvalue weighted by Gasteiger charge is 2.52. The smallest absolute Gasteiger partial charge is 0.340 e. The molecule has 5 unspecified atom stereocenters. The first-order valence-electron chi connectivity index (χ1n) is 9.88. The van der Waals surface area contributed by atoms with Crippen molar-refractivity contribution in [1.82, 2.24) is 5.32 Å². The maximum Gasteiger partial charge on any atom is 0.340 e. The van der Waals surface area contributed by atoms with Crippen LogP contribution >= 0.6 is 0 Å². The van der Waals surface area contributed by atoms with Crippen molar-refractivity contribution in [2.45, 2.75) is 58.3 Å². The largest absolute Gasteiger partial charge is 0.508 e. The lowest BCUT2D eigenvalue weighted by Gasteiger charge is -2.44. The van der Waals surface area contributed by atoms with Gasteiger partial charge < -0.3 is 34.1 Å². The first-order valence-corrected chi connectivity index (χ1v) is 9.88. The number of benzene rings is 1. The molecule has 0 bridgehead atoms. The van der Waals surface area contributed by atoms with Gasteiger partial charge in [0, 0.05) is 27.7 Å². The van der Waals surface area contributed by atoms with Crippen molar-refractivity contribution in [3.8, 4) is 5.75 Å². The van der Waals surface area contributed by atoms with Gasteiger partial charge in [0.25, 0.3) is 0 Å². The number of ether oxygens (including phenoxy) is 5. The summed E-state index contributed by atoms with van der Waals surface area (Å²) in [4.78, 5) is 59.3. The fourth-order valence-electron chi connectivity index (χ4n) is 3.16. The second-order valence-electron chi connectivity index (χ2n) is 7.17. The zero-order valence-electron chi connectivity index (χ0n) is 18.4. The molecular weight excluding hydrogens is 442 g/mol. The van der Waals surface area contributed by atoms with Crippen LogP contribution in [0, 0.1) is 0 Å². The summed E-state index contributed by atoms with van der Waals surface area (Å²) in [6.07, 6.45) is -5.37. The number of esters is 4. The van der Waals surface area contributed by atoms with Crippen LogP contribution in [0.3, 0.4) is 0 Å². The highest BCUT2D eigenvalue weighted by atomic mass is 16.7. The number of rotatable bonds is 7. The quantitative estimate of drug-likeness (QED) is 0.416. The van der Waals surface area contributed by atoms with Crippen LogP contribution in [-0.2, 0) is 42.9 Å². The molecule has 2 rings (SSSR count). The Morgan fingerprint density at radius 2 is 1.45 bits per heavy atom. The van der Waals surface area contributed by atoms with E-state index in [0.29, 0.717) is 0 Å². The van der Waals surface area contributed by atoms with Crippen molar-refractivity contribution < 1.29 is 52.8 Å². The number of carbonyl (C=O) groups excluding carboxylic acids is 5. The van der Waals surface area contributed by atoms with Crippen LogP contribution in [0.25, 0.3) is 0 Å². The third-order valence-corrected chi connectivity index (χ3v) is 4.40. The van der Waals surface area contributed by atoms with Gasteiger partial charge in [-0.2, -0.15) is 0 Å². The van der Waals surface area contributed by atoms with Gasteiger partial charge in [-0.3, -0.25) is 19.2 Å². The molecule has 1 amide bonds. The van der Waals surface area contributed by atoms with Gasteiger partial charge in [0.05, 0.1) is 5.56 Å². The van der Waals surface area contributed by atoms with Gasteiger partial charge in [-0.05, 0) is 24.3 Å². The molecule has 1 fully saturated rings. The third kappa shape index (κ3) is 7.45. The third-order valence-electron chi connectivity index (χ3n) is 4.40. The molecule has 12 nitrogen and oxygen atoms in total. The van der Waals surface area contributed by atoms with Crippen LogP contribution in [0.15, 0.2) is 24.3 Å². The minimum atomic E-state index is -1.52. The zero-order chi connectivity index (χ0) is 24.7. The van der Waals surface area contributed by atoms with Gasteiger partial charge in [-0.25, -0.2) is 4.79 Å². The normalized spacial score (nSPS) is 24.2. The number of aromatic hydroxyl groups is 1. The summed E-state index contributed by atoms with van der Waals surface area (Å²) in [5.41, 5.74) is 0.0562. The molecule has 1 aliphatic heterocycles. The number of phenolic OH excluding ortho intramolecular Hbond substituents is 1. The van der Waals surface area contributed by atoms with Gasteiger partial charge in [-0.1, -0.05) is 0 Å². The van der Waals surface area contributed by atoms with E-state index < -0.39 is 67.0 Å². The number of phenols is 1. The minimum Gasteiger partial charge on any atom is -0.508 e. The Hall–Kier alpha value is -3.67. The summed E-state index contributed by atoms with van der Waals surface area (Å²) in [6, 6.07) is 3.87. The van der Waals surface area contributed by atoms with Gasteiger partial charge in [0.1, 0.15) is 24.5 Å². The van der Waals surface area contributed by atoms with E-state index in [0.717, 1.165) is 20.8 Å². The summed E-state index contributed by atoms with van der Waals surface area (Å²) in [5, 5.41) is 11.9. The van der Waals surface area contributed by atoms with E-state index >= 15 is 0 Å². The molecule has 1 aromatic carbocycles. The molecule has 1 aliphatic rings. The molecule has 0 radical (unpaired) electrons. The Labute approximate surface area is 189 Å². The molecule has 1 saturated heterocycles. The average molecular weight is 467 g/mol. The molecule has 1 aromatic rings. The Kier molecular flexibility index (Phi) is 8.74. The summed E-state index contributed by atoms with van der Waals surface area (Å²) in [6.45, 7) is 4.11.